The molecule has 1 saturated carbocycles. The first-order chi connectivity index (χ1) is 10.8. The molecule has 1 fully saturated rings. The highest BCUT2D eigenvalue weighted by Crippen LogP contribution is 2.48. The fraction of sp³-hybridized carbons (Fsp3) is 0.412. The van der Waals surface area contributed by atoms with Crippen LogP contribution in [0.5, 0.6) is 0 Å². The molecule has 0 bridgehead atoms. The summed E-state index contributed by atoms with van der Waals surface area (Å²) in [6.07, 6.45) is 4.99. The van der Waals surface area contributed by atoms with E-state index in [-0.39, 0.29) is 12.5 Å². The van der Waals surface area contributed by atoms with Gasteiger partial charge in [0.15, 0.2) is 0 Å². The van der Waals surface area contributed by atoms with Gasteiger partial charge in [-0.15, -0.1) is 0 Å². The Morgan fingerprint density at radius 3 is 2.61 bits per heavy atom. The van der Waals surface area contributed by atoms with E-state index in [0.717, 1.165) is 18.4 Å². The van der Waals surface area contributed by atoms with E-state index in [1.165, 1.54) is 0 Å². The van der Waals surface area contributed by atoms with Crippen molar-refractivity contribution in [3.05, 3.63) is 52.8 Å². The van der Waals surface area contributed by atoms with E-state index >= 15 is 0 Å². The topological polar surface area (TPSA) is 67.2 Å². The Morgan fingerprint density at radius 2 is 2.09 bits per heavy atom. The minimum absolute atomic E-state index is 0.0519. The van der Waals surface area contributed by atoms with Crippen LogP contribution in [0.4, 0.5) is 0 Å². The lowest BCUT2D eigenvalue weighted by molar-refractivity contribution is -0.124. The number of rotatable bonds is 5. The normalized spacial score (nSPS) is 18.3. The third-order valence-corrected chi connectivity index (χ3v) is 4.75. The van der Waals surface area contributed by atoms with Crippen LogP contribution in [0, 0.1) is 0 Å². The van der Waals surface area contributed by atoms with Crippen LogP contribution >= 0.6 is 11.6 Å². The Balaban J connectivity index is 1.68. The first-order valence-electron chi connectivity index (χ1n) is 7.59. The molecule has 1 aromatic heterocycles. The Kier molecular flexibility index (Phi) is 3.94. The molecular formula is C17H20ClN3O2. The molecule has 0 radical (unpaired) electrons. The summed E-state index contributed by atoms with van der Waals surface area (Å²) in [4.78, 5) is 12.6. The van der Waals surface area contributed by atoms with Gasteiger partial charge in [-0.05, 0) is 37.5 Å². The smallest absolute Gasteiger partial charge is 0.230 e. The second-order valence-corrected chi connectivity index (χ2v) is 6.88. The van der Waals surface area contributed by atoms with Gasteiger partial charge in [-0.2, -0.15) is 5.10 Å². The molecule has 1 amide bonds. The van der Waals surface area contributed by atoms with Gasteiger partial charge >= 0.3 is 0 Å². The molecular weight excluding hydrogens is 314 g/mol. The fourth-order valence-electron chi connectivity index (χ4n) is 2.76. The highest BCUT2D eigenvalue weighted by Gasteiger charge is 2.51. The number of aryl methyl sites for hydroxylation is 1. The predicted molar refractivity (Wildman–Crippen MR) is 88.2 cm³/mol. The highest BCUT2D eigenvalue weighted by molar-refractivity contribution is 6.30. The minimum Gasteiger partial charge on any atom is -0.383 e. The van der Waals surface area contributed by atoms with Crippen molar-refractivity contribution in [1.29, 1.82) is 0 Å². The number of aliphatic hydroxyl groups is 1. The molecule has 23 heavy (non-hydrogen) atoms. The van der Waals surface area contributed by atoms with Crippen LogP contribution in [0.1, 0.15) is 30.9 Å². The van der Waals surface area contributed by atoms with Gasteiger partial charge < -0.3 is 10.4 Å². The van der Waals surface area contributed by atoms with E-state index in [9.17, 15) is 9.90 Å². The number of carbonyl (C=O) groups is 1. The number of carbonyl (C=O) groups excluding carboxylic acids is 1. The van der Waals surface area contributed by atoms with Crippen LogP contribution in [0.15, 0.2) is 36.7 Å². The Labute approximate surface area is 140 Å². The molecule has 0 spiro atoms. The average Bonchev–Trinajstić information content (AvgIpc) is 3.21. The number of halogens is 1. The highest BCUT2D eigenvalue weighted by atomic mass is 35.5. The summed E-state index contributed by atoms with van der Waals surface area (Å²) in [7, 11) is 1.79. The van der Waals surface area contributed by atoms with Gasteiger partial charge in [0.05, 0.1) is 18.2 Å². The lowest BCUT2D eigenvalue weighted by Gasteiger charge is -2.24. The van der Waals surface area contributed by atoms with Gasteiger partial charge in [-0.1, -0.05) is 23.7 Å². The zero-order chi connectivity index (χ0) is 16.7. The molecule has 5 nitrogen and oxygen atoms in total. The lowest BCUT2D eigenvalue weighted by atomic mass is 9.94. The summed E-state index contributed by atoms with van der Waals surface area (Å²) in [5, 5.41) is 18.2. The second kappa shape index (κ2) is 5.65. The van der Waals surface area contributed by atoms with E-state index in [0.29, 0.717) is 10.6 Å². The van der Waals surface area contributed by atoms with Crippen molar-refractivity contribution in [1.82, 2.24) is 15.1 Å². The van der Waals surface area contributed by atoms with E-state index in [1.807, 2.05) is 12.1 Å². The van der Waals surface area contributed by atoms with Crippen LogP contribution in [0.2, 0.25) is 5.02 Å². The van der Waals surface area contributed by atoms with Gasteiger partial charge in [-0.3, -0.25) is 9.48 Å². The summed E-state index contributed by atoms with van der Waals surface area (Å²) in [5.74, 6) is -0.0519. The monoisotopic (exact) mass is 333 g/mol. The first kappa shape index (κ1) is 16.0. The summed E-state index contributed by atoms with van der Waals surface area (Å²) in [6.45, 7) is 1.82. The molecule has 0 aliphatic heterocycles. The van der Waals surface area contributed by atoms with Crippen molar-refractivity contribution in [3.63, 3.8) is 0 Å². The minimum atomic E-state index is -1.15. The van der Waals surface area contributed by atoms with Crippen LogP contribution in [-0.2, 0) is 22.9 Å². The van der Waals surface area contributed by atoms with Crippen molar-refractivity contribution in [3.8, 4) is 0 Å². The Morgan fingerprint density at radius 1 is 1.43 bits per heavy atom. The molecule has 1 unspecified atom stereocenters. The third-order valence-electron chi connectivity index (χ3n) is 4.50. The molecule has 1 aliphatic carbocycles. The molecule has 1 heterocycles. The van der Waals surface area contributed by atoms with Crippen molar-refractivity contribution in [2.75, 3.05) is 6.54 Å². The average molecular weight is 334 g/mol. The number of benzene rings is 1. The summed E-state index contributed by atoms with van der Waals surface area (Å²) in [6, 6.07) is 7.40. The van der Waals surface area contributed by atoms with E-state index in [4.69, 9.17) is 11.6 Å². The van der Waals surface area contributed by atoms with Crippen LogP contribution in [0.25, 0.3) is 0 Å². The molecule has 122 valence electrons. The standard InChI is InChI=1S/C17H20ClN3O2/c1-16(23,13-9-20-21(2)10-13)11-19-15(22)17(7-8-17)12-3-5-14(18)6-4-12/h3-6,9-10,23H,7-8,11H2,1-2H3,(H,19,22). The lowest BCUT2D eigenvalue weighted by Crippen LogP contribution is -2.43. The molecule has 2 N–H and O–H groups in total. The second-order valence-electron chi connectivity index (χ2n) is 6.45. The molecule has 2 aromatic rings. The molecule has 1 aliphatic rings. The molecule has 1 atom stereocenters. The first-order valence-corrected chi connectivity index (χ1v) is 7.97. The quantitative estimate of drug-likeness (QED) is 0.881. The van der Waals surface area contributed by atoms with Crippen LogP contribution in [-0.4, -0.2) is 27.3 Å². The van der Waals surface area contributed by atoms with Gasteiger partial charge in [0.2, 0.25) is 5.91 Å². The maximum Gasteiger partial charge on any atom is 0.230 e. The van der Waals surface area contributed by atoms with Crippen molar-refractivity contribution in [2.45, 2.75) is 30.8 Å². The fourth-order valence-corrected chi connectivity index (χ4v) is 2.89. The Hall–Kier alpha value is -1.85. The maximum atomic E-state index is 12.6. The van der Waals surface area contributed by atoms with Crippen molar-refractivity contribution < 1.29 is 9.90 Å². The largest absolute Gasteiger partial charge is 0.383 e. The number of nitrogens with one attached hydrogen (secondary N) is 1. The summed E-state index contributed by atoms with van der Waals surface area (Å²) in [5.41, 5.74) is 0.0207. The summed E-state index contributed by atoms with van der Waals surface area (Å²) >= 11 is 5.91. The molecule has 6 heteroatoms. The molecule has 1 aromatic carbocycles. The third kappa shape index (κ3) is 3.12. The molecule has 3 rings (SSSR count). The van der Waals surface area contributed by atoms with Gasteiger partial charge in [0.1, 0.15) is 5.60 Å². The number of amides is 1. The number of hydrogen-bond acceptors (Lipinski definition) is 3. The molecule has 0 saturated heterocycles. The maximum absolute atomic E-state index is 12.6. The SMILES string of the molecule is Cn1cc(C(C)(O)CNC(=O)C2(c3ccc(Cl)cc3)CC2)cn1. The predicted octanol–water partition coefficient (Wildman–Crippen LogP) is 2.13. The van der Waals surface area contributed by atoms with E-state index in [2.05, 4.69) is 10.4 Å². The van der Waals surface area contributed by atoms with Gasteiger partial charge in [0.25, 0.3) is 0 Å². The zero-order valence-electron chi connectivity index (χ0n) is 13.2. The van der Waals surface area contributed by atoms with Gasteiger partial charge in [-0.25, -0.2) is 0 Å². The van der Waals surface area contributed by atoms with Gasteiger partial charge in [0, 0.05) is 23.8 Å². The van der Waals surface area contributed by atoms with Crippen molar-refractivity contribution in [2.24, 2.45) is 7.05 Å². The van der Waals surface area contributed by atoms with E-state index in [1.54, 1.807) is 43.2 Å². The number of nitrogens with zero attached hydrogens (tertiary/aromatic N) is 2. The summed E-state index contributed by atoms with van der Waals surface area (Å²) < 4.78 is 1.63. The number of hydrogen-bond donors (Lipinski definition) is 2. The van der Waals surface area contributed by atoms with Crippen LogP contribution < -0.4 is 5.32 Å². The van der Waals surface area contributed by atoms with E-state index < -0.39 is 11.0 Å². The number of aromatic nitrogens is 2. The van der Waals surface area contributed by atoms with Crippen molar-refractivity contribution >= 4 is 17.5 Å². The van der Waals surface area contributed by atoms with Crippen LogP contribution in [0.3, 0.4) is 0 Å². The Bertz CT molecular complexity index is 718. The zero-order valence-corrected chi connectivity index (χ0v) is 14.0.